The highest BCUT2D eigenvalue weighted by Gasteiger charge is 2.11. The quantitative estimate of drug-likeness (QED) is 0.622. The first-order chi connectivity index (χ1) is 7.86. The van der Waals surface area contributed by atoms with Crippen molar-refractivity contribution in [2.75, 3.05) is 7.11 Å². The van der Waals surface area contributed by atoms with E-state index in [1.807, 2.05) is 6.92 Å². The Morgan fingerprint density at radius 2 is 1.88 bits per heavy atom. The molecule has 0 amide bonds. The number of carboxylic acid groups (broad SMARTS) is 1. The summed E-state index contributed by atoms with van der Waals surface area (Å²) in [6.07, 6.45) is 1.63. The molecule has 0 aliphatic heterocycles. The number of carbonyl (C=O) groups excluding carboxylic acids is 2. The minimum atomic E-state index is -1.08. The SMILES string of the molecule is CC(=O)[O-].COc1cc[n+](OC(C)=O)c(C)c1. The van der Waals surface area contributed by atoms with Crippen molar-refractivity contribution in [2.24, 2.45) is 0 Å². The van der Waals surface area contributed by atoms with Gasteiger partial charge in [-0.05, 0) is 6.92 Å². The minimum Gasteiger partial charge on any atom is -0.550 e. The molecule has 6 nitrogen and oxygen atoms in total. The van der Waals surface area contributed by atoms with E-state index < -0.39 is 5.97 Å². The highest BCUT2D eigenvalue weighted by molar-refractivity contribution is 5.65. The van der Waals surface area contributed by atoms with Gasteiger partial charge in [-0.2, -0.15) is 4.84 Å². The molecule has 1 aromatic rings. The molecule has 17 heavy (non-hydrogen) atoms. The highest BCUT2D eigenvalue weighted by atomic mass is 16.7. The van der Waals surface area contributed by atoms with Gasteiger partial charge in [0.2, 0.25) is 11.9 Å². The molecule has 0 atom stereocenters. The van der Waals surface area contributed by atoms with Gasteiger partial charge in [0.1, 0.15) is 5.75 Å². The molecule has 1 aromatic heterocycles. The molecule has 0 radical (unpaired) electrons. The molecule has 94 valence electrons. The van der Waals surface area contributed by atoms with Crippen molar-refractivity contribution in [1.29, 1.82) is 0 Å². The fourth-order valence-electron chi connectivity index (χ4n) is 0.944. The van der Waals surface area contributed by atoms with Gasteiger partial charge in [0, 0.05) is 30.6 Å². The Bertz CT molecular complexity index is 399. The van der Waals surface area contributed by atoms with E-state index in [4.69, 9.17) is 19.5 Å². The van der Waals surface area contributed by atoms with Crippen LogP contribution < -0.4 is 19.4 Å². The van der Waals surface area contributed by atoms with Gasteiger partial charge in [-0.3, -0.25) is 0 Å². The molecule has 0 saturated heterocycles. The van der Waals surface area contributed by atoms with Crippen molar-refractivity contribution in [3.63, 3.8) is 0 Å². The third-order valence-corrected chi connectivity index (χ3v) is 1.54. The van der Waals surface area contributed by atoms with Crippen LogP contribution in [-0.2, 0) is 9.59 Å². The number of methoxy groups -OCH3 is 1. The van der Waals surface area contributed by atoms with Crippen LogP contribution in [0.5, 0.6) is 5.75 Å². The summed E-state index contributed by atoms with van der Waals surface area (Å²) in [5.74, 6) is -0.695. The van der Waals surface area contributed by atoms with E-state index in [-0.39, 0.29) is 5.97 Å². The Hall–Kier alpha value is -2.11. The molecule has 0 aromatic carbocycles. The van der Waals surface area contributed by atoms with Gasteiger partial charge in [0.15, 0.2) is 0 Å². The molecule has 6 heteroatoms. The fraction of sp³-hybridized carbons (Fsp3) is 0.364. The van der Waals surface area contributed by atoms with E-state index in [1.165, 1.54) is 11.7 Å². The second kappa shape index (κ2) is 7.21. The molecule has 0 bridgehead atoms. The van der Waals surface area contributed by atoms with Crippen molar-refractivity contribution in [3.05, 3.63) is 24.0 Å². The minimum absolute atomic E-state index is 0.349. The number of carboxylic acids is 1. The number of aromatic nitrogens is 1. The Kier molecular flexibility index (Phi) is 6.32. The predicted octanol–water partition coefficient (Wildman–Crippen LogP) is -0.978. The maximum Gasteiger partial charge on any atom is 0.377 e. The van der Waals surface area contributed by atoms with Crippen LogP contribution in [0.25, 0.3) is 0 Å². The lowest BCUT2D eigenvalue weighted by atomic mass is 10.3. The van der Waals surface area contributed by atoms with Gasteiger partial charge in [-0.15, -0.1) is 0 Å². The Labute approximate surface area is 99.4 Å². The highest BCUT2D eigenvalue weighted by Crippen LogP contribution is 2.07. The first-order valence-corrected chi connectivity index (χ1v) is 4.79. The summed E-state index contributed by atoms with van der Waals surface area (Å²) in [5, 5.41) is 8.89. The van der Waals surface area contributed by atoms with Crippen molar-refractivity contribution in [3.8, 4) is 5.75 Å². The zero-order valence-corrected chi connectivity index (χ0v) is 10.2. The van der Waals surface area contributed by atoms with Crippen molar-refractivity contribution >= 4 is 11.9 Å². The monoisotopic (exact) mass is 241 g/mol. The summed E-state index contributed by atoms with van der Waals surface area (Å²) < 4.78 is 6.39. The summed E-state index contributed by atoms with van der Waals surface area (Å²) in [5.41, 5.74) is 0.801. The molecule has 0 unspecified atom stereocenters. The van der Waals surface area contributed by atoms with Crippen LogP contribution >= 0.6 is 0 Å². The summed E-state index contributed by atoms with van der Waals surface area (Å²) >= 11 is 0. The van der Waals surface area contributed by atoms with Crippen LogP contribution in [0.15, 0.2) is 18.3 Å². The van der Waals surface area contributed by atoms with Crippen LogP contribution in [0, 0.1) is 6.92 Å². The summed E-state index contributed by atoms with van der Waals surface area (Å²) in [6.45, 7) is 4.15. The van der Waals surface area contributed by atoms with E-state index in [0.29, 0.717) is 0 Å². The van der Waals surface area contributed by atoms with E-state index in [0.717, 1.165) is 18.4 Å². The average molecular weight is 241 g/mol. The second-order valence-corrected chi connectivity index (χ2v) is 3.11. The van der Waals surface area contributed by atoms with Crippen molar-refractivity contribution in [1.82, 2.24) is 0 Å². The molecule has 0 N–H and O–H groups in total. The molecule has 0 aliphatic carbocycles. The lowest BCUT2D eigenvalue weighted by Gasteiger charge is -1.99. The van der Waals surface area contributed by atoms with Gasteiger partial charge in [-0.25, -0.2) is 4.79 Å². The number of aliphatic carboxylic acids is 1. The van der Waals surface area contributed by atoms with E-state index in [1.54, 1.807) is 25.4 Å². The maximum atomic E-state index is 10.6. The third-order valence-electron chi connectivity index (χ3n) is 1.54. The van der Waals surface area contributed by atoms with Crippen molar-refractivity contribution < 1.29 is 29.0 Å². The number of ether oxygens (including phenoxy) is 1. The molecule has 1 heterocycles. The van der Waals surface area contributed by atoms with Crippen LogP contribution in [0.1, 0.15) is 19.5 Å². The third kappa shape index (κ3) is 6.88. The van der Waals surface area contributed by atoms with E-state index >= 15 is 0 Å². The summed E-state index contributed by atoms with van der Waals surface area (Å²) in [4.78, 5) is 24.4. The zero-order chi connectivity index (χ0) is 13.4. The smallest absolute Gasteiger partial charge is 0.377 e. The van der Waals surface area contributed by atoms with Crippen LogP contribution in [-0.4, -0.2) is 19.0 Å². The second-order valence-electron chi connectivity index (χ2n) is 3.11. The Morgan fingerprint density at radius 1 is 1.35 bits per heavy atom. The van der Waals surface area contributed by atoms with Gasteiger partial charge in [0.25, 0.3) is 0 Å². The number of pyridine rings is 1. The standard InChI is InChI=1S/C9H12NO3.C2H4O2/c1-7-6-9(12-3)4-5-10(7)13-8(2)11;1-2(3)4/h4-6H,1-3H3;1H3,(H,3,4)/q+1;/p-1. The molecule has 0 saturated carbocycles. The lowest BCUT2D eigenvalue weighted by molar-refractivity contribution is -0.873. The Morgan fingerprint density at radius 3 is 2.24 bits per heavy atom. The number of nitrogens with zero attached hydrogens (tertiary/aromatic N) is 1. The van der Waals surface area contributed by atoms with Crippen LogP contribution in [0.3, 0.4) is 0 Å². The normalized spacial score (nSPS) is 8.71. The molecule has 0 fully saturated rings. The van der Waals surface area contributed by atoms with E-state index in [2.05, 4.69) is 0 Å². The predicted molar refractivity (Wildman–Crippen MR) is 55.9 cm³/mol. The summed E-state index contributed by atoms with van der Waals surface area (Å²) in [7, 11) is 1.59. The number of rotatable bonds is 2. The van der Waals surface area contributed by atoms with Crippen LogP contribution in [0.2, 0.25) is 0 Å². The van der Waals surface area contributed by atoms with Crippen molar-refractivity contribution in [2.45, 2.75) is 20.8 Å². The topological polar surface area (TPSA) is 79.5 Å². The lowest BCUT2D eigenvalue weighted by Crippen LogP contribution is -2.47. The molecule has 1 rings (SSSR count). The largest absolute Gasteiger partial charge is 0.550 e. The number of carbonyl (C=O) groups is 2. The van der Waals surface area contributed by atoms with Gasteiger partial charge in [0.05, 0.1) is 13.2 Å². The molecule has 0 spiro atoms. The first kappa shape index (κ1) is 14.9. The number of hydrogen-bond donors (Lipinski definition) is 0. The fourth-order valence-corrected chi connectivity index (χ4v) is 0.944. The van der Waals surface area contributed by atoms with Gasteiger partial charge >= 0.3 is 5.97 Å². The van der Waals surface area contributed by atoms with E-state index in [9.17, 15) is 4.79 Å². The molecular formula is C11H15NO5. The Balaban J connectivity index is 0.000000557. The number of aryl methyl sites for hydroxylation is 1. The molecular weight excluding hydrogens is 226 g/mol. The molecule has 0 aliphatic rings. The van der Waals surface area contributed by atoms with Crippen LogP contribution in [0.4, 0.5) is 0 Å². The number of hydrogen-bond acceptors (Lipinski definition) is 5. The zero-order valence-electron chi connectivity index (χ0n) is 10.2. The van der Waals surface area contributed by atoms with Gasteiger partial charge in [-0.1, -0.05) is 0 Å². The first-order valence-electron chi connectivity index (χ1n) is 4.79. The average Bonchev–Trinajstić information content (AvgIpc) is 2.19. The maximum absolute atomic E-state index is 10.6. The summed E-state index contributed by atoms with van der Waals surface area (Å²) in [6, 6.07) is 3.50. The van der Waals surface area contributed by atoms with Gasteiger partial charge < -0.3 is 14.6 Å².